The van der Waals surface area contributed by atoms with E-state index in [1.807, 2.05) is 0 Å². The van der Waals surface area contributed by atoms with Crippen molar-refractivity contribution in [3.63, 3.8) is 0 Å². The number of rotatable bonds is 3. The van der Waals surface area contributed by atoms with Gasteiger partial charge in [0.25, 0.3) is 0 Å². The molecule has 0 aliphatic carbocycles. The number of carbonyl (C=O) groups excluding carboxylic acids is 2. The molecule has 8 nitrogen and oxygen atoms in total. The Morgan fingerprint density at radius 2 is 1.72 bits per heavy atom. The highest BCUT2D eigenvalue weighted by Crippen LogP contribution is 2.22. The van der Waals surface area contributed by atoms with Crippen LogP contribution in [0.3, 0.4) is 0 Å². The zero-order valence-electron chi connectivity index (χ0n) is 9.98. The Morgan fingerprint density at radius 3 is 2.22 bits per heavy atom. The summed E-state index contributed by atoms with van der Waals surface area (Å²) in [5.74, 6) is -1.31. The Bertz CT molecular complexity index is 317. The molecular formula is C10H16O8. The predicted molar refractivity (Wildman–Crippen MR) is 55.1 cm³/mol. The molecule has 1 aliphatic heterocycles. The fraction of sp³-hybridized carbons (Fsp3) is 0.800. The van der Waals surface area contributed by atoms with Gasteiger partial charge in [0.1, 0.15) is 24.9 Å². The van der Waals surface area contributed by atoms with Crippen LogP contribution in [-0.4, -0.2) is 64.6 Å². The molecule has 8 heteroatoms. The SMILES string of the molecule is CC(=O)OC[C@@H]1OC(O)[C@@H](O)[C@@H](OC(C)=O)[C@@H]1O. The predicted octanol–water partition coefficient (Wildman–Crippen LogP) is -2.08. The second kappa shape index (κ2) is 6.10. The van der Waals surface area contributed by atoms with Crippen molar-refractivity contribution in [3.05, 3.63) is 0 Å². The largest absolute Gasteiger partial charge is 0.463 e. The van der Waals surface area contributed by atoms with Crippen molar-refractivity contribution in [2.45, 2.75) is 44.6 Å². The van der Waals surface area contributed by atoms with Gasteiger partial charge >= 0.3 is 11.9 Å². The van der Waals surface area contributed by atoms with Gasteiger partial charge in [0.2, 0.25) is 0 Å². The average molecular weight is 264 g/mol. The first-order chi connectivity index (χ1) is 8.32. The van der Waals surface area contributed by atoms with Gasteiger partial charge in [-0.25, -0.2) is 0 Å². The van der Waals surface area contributed by atoms with Crippen molar-refractivity contribution < 1.29 is 39.1 Å². The maximum absolute atomic E-state index is 10.8. The van der Waals surface area contributed by atoms with Gasteiger partial charge in [-0.05, 0) is 0 Å². The van der Waals surface area contributed by atoms with E-state index in [9.17, 15) is 24.9 Å². The van der Waals surface area contributed by atoms with E-state index in [1.54, 1.807) is 0 Å². The van der Waals surface area contributed by atoms with Gasteiger partial charge in [0.05, 0.1) is 0 Å². The topological polar surface area (TPSA) is 123 Å². The van der Waals surface area contributed by atoms with E-state index in [1.165, 1.54) is 6.92 Å². The van der Waals surface area contributed by atoms with Crippen LogP contribution >= 0.6 is 0 Å². The zero-order valence-corrected chi connectivity index (χ0v) is 9.98. The molecule has 0 saturated carbocycles. The molecule has 1 heterocycles. The van der Waals surface area contributed by atoms with Crippen LogP contribution in [0.25, 0.3) is 0 Å². The van der Waals surface area contributed by atoms with Crippen LogP contribution in [-0.2, 0) is 23.8 Å². The number of aliphatic hydroxyl groups excluding tert-OH is 3. The number of esters is 2. The minimum Gasteiger partial charge on any atom is -0.463 e. The fourth-order valence-corrected chi connectivity index (χ4v) is 1.58. The minimum atomic E-state index is -1.64. The lowest BCUT2D eigenvalue weighted by atomic mass is 9.99. The van der Waals surface area contributed by atoms with Crippen LogP contribution in [0, 0.1) is 0 Å². The molecule has 1 unspecified atom stereocenters. The van der Waals surface area contributed by atoms with Crippen molar-refractivity contribution in [3.8, 4) is 0 Å². The molecule has 0 spiro atoms. The molecule has 1 fully saturated rings. The van der Waals surface area contributed by atoms with Crippen LogP contribution in [0.15, 0.2) is 0 Å². The monoisotopic (exact) mass is 264 g/mol. The lowest BCUT2D eigenvalue weighted by Crippen LogP contribution is -2.60. The molecule has 18 heavy (non-hydrogen) atoms. The summed E-state index contributed by atoms with van der Waals surface area (Å²) in [6.45, 7) is 1.95. The summed E-state index contributed by atoms with van der Waals surface area (Å²) in [5.41, 5.74) is 0. The van der Waals surface area contributed by atoms with Gasteiger partial charge in [0, 0.05) is 13.8 Å². The van der Waals surface area contributed by atoms with Crippen molar-refractivity contribution in [2.75, 3.05) is 6.61 Å². The molecule has 0 aromatic heterocycles. The Labute approximate surface area is 103 Å². The standard InChI is InChI=1S/C10H16O8/c1-4(11)16-3-6-7(13)9(17-5(2)12)8(14)10(15)18-6/h6-10,13-15H,3H2,1-2H3/t6-,7+,8-,9-,10?/m0/s1. The van der Waals surface area contributed by atoms with Crippen LogP contribution in [0.5, 0.6) is 0 Å². The van der Waals surface area contributed by atoms with Crippen LogP contribution in [0.4, 0.5) is 0 Å². The molecule has 1 aliphatic rings. The smallest absolute Gasteiger partial charge is 0.303 e. The van der Waals surface area contributed by atoms with Gasteiger partial charge in [-0.2, -0.15) is 0 Å². The molecule has 3 N–H and O–H groups in total. The Balaban J connectivity index is 2.70. The molecule has 0 aromatic rings. The molecule has 1 saturated heterocycles. The van der Waals surface area contributed by atoms with Crippen molar-refractivity contribution >= 4 is 11.9 Å². The zero-order chi connectivity index (χ0) is 13.9. The van der Waals surface area contributed by atoms with E-state index in [-0.39, 0.29) is 6.61 Å². The highest BCUT2D eigenvalue weighted by molar-refractivity contribution is 5.66. The lowest BCUT2D eigenvalue weighted by Gasteiger charge is -2.39. The average Bonchev–Trinajstić information content (AvgIpc) is 2.27. The van der Waals surface area contributed by atoms with Crippen molar-refractivity contribution in [2.24, 2.45) is 0 Å². The Morgan fingerprint density at radius 1 is 1.11 bits per heavy atom. The van der Waals surface area contributed by atoms with Crippen molar-refractivity contribution in [1.82, 2.24) is 0 Å². The second-order valence-electron chi connectivity index (χ2n) is 3.92. The summed E-state index contributed by atoms with van der Waals surface area (Å²) in [6.07, 6.45) is -7.05. The number of hydrogen-bond donors (Lipinski definition) is 3. The van der Waals surface area contributed by atoms with E-state index in [0.29, 0.717) is 0 Å². The molecule has 5 atom stereocenters. The van der Waals surface area contributed by atoms with Gasteiger partial charge in [-0.15, -0.1) is 0 Å². The number of ether oxygens (including phenoxy) is 3. The molecule has 0 amide bonds. The quantitative estimate of drug-likeness (QED) is 0.496. The third kappa shape index (κ3) is 3.64. The highest BCUT2D eigenvalue weighted by Gasteiger charge is 2.46. The maximum Gasteiger partial charge on any atom is 0.303 e. The highest BCUT2D eigenvalue weighted by atomic mass is 16.7. The number of carbonyl (C=O) groups is 2. The van der Waals surface area contributed by atoms with E-state index >= 15 is 0 Å². The van der Waals surface area contributed by atoms with Gasteiger partial charge < -0.3 is 29.5 Å². The normalized spacial score (nSPS) is 35.9. The van der Waals surface area contributed by atoms with E-state index < -0.39 is 42.6 Å². The fourth-order valence-electron chi connectivity index (χ4n) is 1.58. The summed E-state index contributed by atoms with van der Waals surface area (Å²) in [4.78, 5) is 21.5. The van der Waals surface area contributed by atoms with Crippen molar-refractivity contribution in [1.29, 1.82) is 0 Å². The minimum absolute atomic E-state index is 0.321. The Hall–Kier alpha value is -1.22. The van der Waals surface area contributed by atoms with E-state index in [0.717, 1.165) is 6.92 Å². The van der Waals surface area contributed by atoms with E-state index in [4.69, 9.17) is 9.47 Å². The third-order valence-electron chi connectivity index (χ3n) is 2.41. The number of aliphatic hydroxyl groups is 3. The van der Waals surface area contributed by atoms with Gasteiger partial charge in [0.15, 0.2) is 12.4 Å². The molecule has 1 rings (SSSR count). The molecule has 0 aromatic carbocycles. The number of hydrogen-bond acceptors (Lipinski definition) is 8. The summed E-state index contributed by atoms with van der Waals surface area (Å²) in [7, 11) is 0. The summed E-state index contributed by atoms with van der Waals surface area (Å²) < 4.78 is 14.2. The van der Waals surface area contributed by atoms with Gasteiger partial charge in [-0.3, -0.25) is 9.59 Å². The first kappa shape index (κ1) is 14.8. The molecule has 104 valence electrons. The summed E-state index contributed by atoms with van der Waals surface area (Å²) in [5, 5.41) is 28.7. The van der Waals surface area contributed by atoms with Crippen LogP contribution < -0.4 is 0 Å². The Kier molecular flexibility index (Phi) is 5.03. The maximum atomic E-state index is 10.8. The van der Waals surface area contributed by atoms with E-state index in [2.05, 4.69) is 4.74 Å². The lowest BCUT2D eigenvalue weighted by molar-refractivity contribution is -0.290. The summed E-state index contributed by atoms with van der Waals surface area (Å²) >= 11 is 0. The molecule has 0 bridgehead atoms. The molecular weight excluding hydrogens is 248 g/mol. The van der Waals surface area contributed by atoms with Crippen LogP contribution in [0.2, 0.25) is 0 Å². The first-order valence-electron chi connectivity index (χ1n) is 5.33. The second-order valence-corrected chi connectivity index (χ2v) is 3.92. The molecule has 0 radical (unpaired) electrons. The van der Waals surface area contributed by atoms with Gasteiger partial charge in [-0.1, -0.05) is 0 Å². The summed E-state index contributed by atoms with van der Waals surface area (Å²) in [6, 6.07) is 0. The van der Waals surface area contributed by atoms with Crippen LogP contribution in [0.1, 0.15) is 13.8 Å². The first-order valence-corrected chi connectivity index (χ1v) is 5.33. The third-order valence-corrected chi connectivity index (χ3v) is 2.41.